The average molecular weight is 418 g/mol. The first-order valence-electron chi connectivity index (χ1n) is 10.3. The molecule has 9 nitrogen and oxygen atoms in total. The molecule has 4 atom stereocenters. The maximum absolute atomic E-state index is 12.3. The van der Waals surface area contributed by atoms with Gasteiger partial charge >= 0.3 is 0 Å². The molecule has 3 heterocycles. The van der Waals surface area contributed by atoms with E-state index in [2.05, 4.69) is 23.5 Å². The van der Waals surface area contributed by atoms with Crippen LogP contribution < -0.4 is 4.90 Å². The summed E-state index contributed by atoms with van der Waals surface area (Å²) in [6.07, 6.45) is 4.27. The zero-order valence-electron chi connectivity index (χ0n) is 17.4. The Morgan fingerprint density at radius 1 is 1.33 bits per heavy atom. The van der Waals surface area contributed by atoms with E-state index in [1.807, 2.05) is 6.92 Å². The summed E-state index contributed by atoms with van der Waals surface area (Å²) in [5.74, 6) is 0.630. The highest BCUT2D eigenvalue weighted by molar-refractivity contribution is 5.80. The monoisotopic (exact) mass is 418 g/mol. The molecule has 0 radical (unpaired) electrons. The van der Waals surface area contributed by atoms with Crippen molar-refractivity contribution in [2.45, 2.75) is 70.5 Å². The summed E-state index contributed by atoms with van der Waals surface area (Å²) < 4.78 is 7.39. The van der Waals surface area contributed by atoms with Gasteiger partial charge in [-0.15, -0.1) is 0 Å². The summed E-state index contributed by atoms with van der Waals surface area (Å²) in [5, 5.41) is 29.8. The van der Waals surface area contributed by atoms with E-state index in [1.54, 1.807) is 16.9 Å². The fourth-order valence-electron chi connectivity index (χ4n) is 3.79. The number of unbranched alkanes of at least 4 members (excludes halogenated alkanes) is 2. The molecule has 1 saturated heterocycles. The minimum Gasteiger partial charge on any atom is -0.394 e. The van der Waals surface area contributed by atoms with Gasteiger partial charge in [-0.25, -0.2) is 9.97 Å². The number of fused-ring (bicyclic) bond motifs is 1. The lowest BCUT2D eigenvalue weighted by atomic mass is 10.1. The van der Waals surface area contributed by atoms with Crippen LogP contribution in [0.3, 0.4) is 0 Å². The average Bonchev–Trinajstić information content (AvgIpc) is 3.26. The second-order valence-corrected chi connectivity index (χ2v) is 7.63. The van der Waals surface area contributed by atoms with Crippen LogP contribution in [0.15, 0.2) is 25.3 Å². The minimum absolute atomic E-state index is 0.172. The summed E-state index contributed by atoms with van der Waals surface area (Å²) in [4.78, 5) is 22.7. The Balaban J connectivity index is 1.85. The third-order valence-corrected chi connectivity index (χ3v) is 5.51. The van der Waals surface area contributed by atoms with Crippen molar-refractivity contribution in [1.82, 2.24) is 14.4 Å². The van der Waals surface area contributed by atoms with Crippen molar-refractivity contribution in [3.05, 3.63) is 36.6 Å². The van der Waals surface area contributed by atoms with Crippen LogP contribution in [0.25, 0.3) is 5.65 Å². The van der Waals surface area contributed by atoms with Crippen molar-refractivity contribution >= 4 is 17.2 Å². The number of rotatable bonds is 10. The molecule has 1 aliphatic rings. The number of aliphatic hydroxyl groups excluding tert-OH is 3. The molecule has 0 bridgehead atoms. The van der Waals surface area contributed by atoms with Crippen molar-refractivity contribution in [3.63, 3.8) is 0 Å². The normalized spacial score (nSPS) is 23.8. The van der Waals surface area contributed by atoms with Crippen LogP contribution in [0.4, 0.5) is 5.82 Å². The molecule has 2 unspecified atom stereocenters. The Morgan fingerprint density at radius 2 is 2.10 bits per heavy atom. The molecule has 2 aromatic rings. The van der Waals surface area contributed by atoms with Crippen molar-refractivity contribution in [3.8, 4) is 0 Å². The molecule has 2 aromatic heterocycles. The number of carbonyl (C=O) groups is 1. The van der Waals surface area contributed by atoms with Crippen LogP contribution in [0.2, 0.25) is 0 Å². The van der Waals surface area contributed by atoms with Crippen molar-refractivity contribution in [2.24, 2.45) is 0 Å². The number of anilines is 1. The smallest absolute Gasteiger partial charge is 0.164 e. The second kappa shape index (κ2) is 9.65. The van der Waals surface area contributed by atoms with Crippen LogP contribution in [0.1, 0.15) is 43.9 Å². The Bertz CT molecular complexity index is 899. The van der Waals surface area contributed by atoms with E-state index in [4.69, 9.17) is 4.74 Å². The van der Waals surface area contributed by atoms with Gasteiger partial charge in [-0.2, -0.15) is 0 Å². The number of carbonyl (C=O) groups excluding carboxylic acids is 1. The van der Waals surface area contributed by atoms with Crippen LogP contribution in [0.5, 0.6) is 0 Å². The lowest BCUT2D eigenvalue weighted by Crippen LogP contribution is -2.42. The molecule has 0 aliphatic carbocycles. The van der Waals surface area contributed by atoms with Gasteiger partial charge in [-0.1, -0.05) is 26.3 Å². The molecule has 3 rings (SSSR count). The van der Waals surface area contributed by atoms with Crippen LogP contribution in [0, 0.1) is 6.92 Å². The van der Waals surface area contributed by atoms with Crippen molar-refractivity contribution in [2.75, 3.05) is 11.5 Å². The standard InChI is InChI=1S/C21H30N4O5/c1-4-6-7-8-15(27)9-14-10-22-19-13(3)20(23-12-25(14)19)24(5-2)21-18(29)17(28)16(11-26)30-21/h5,10,12,16-18,21,26,28-29H,2,4,6-9,11H2,1,3H3/t16-,17?,18?,21-/m1/s1. The molecule has 30 heavy (non-hydrogen) atoms. The van der Waals surface area contributed by atoms with Crippen LogP contribution in [-0.2, 0) is 16.0 Å². The van der Waals surface area contributed by atoms with Gasteiger partial charge in [0.15, 0.2) is 6.23 Å². The van der Waals surface area contributed by atoms with E-state index in [9.17, 15) is 20.1 Å². The number of Topliss-reactive ketones (excluding diaryl/α,β-unsaturated/α-hetero) is 1. The van der Waals surface area contributed by atoms with E-state index in [1.165, 1.54) is 11.1 Å². The third-order valence-electron chi connectivity index (χ3n) is 5.51. The lowest BCUT2D eigenvalue weighted by Gasteiger charge is -2.29. The highest BCUT2D eigenvalue weighted by Crippen LogP contribution is 2.30. The quantitative estimate of drug-likeness (QED) is 0.491. The number of aryl methyl sites for hydroxylation is 1. The van der Waals surface area contributed by atoms with E-state index < -0.39 is 31.1 Å². The molecule has 3 N–H and O–H groups in total. The maximum atomic E-state index is 12.3. The van der Waals surface area contributed by atoms with Crippen LogP contribution >= 0.6 is 0 Å². The molecule has 1 fully saturated rings. The summed E-state index contributed by atoms with van der Waals surface area (Å²) in [6.45, 7) is 7.29. The van der Waals surface area contributed by atoms with E-state index in [0.29, 0.717) is 29.9 Å². The number of ketones is 1. The van der Waals surface area contributed by atoms with Gasteiger partial charge in [0.05, 0.1) is 12.3 Å². The zero-order valence-corrected chi connectivity index (χ0v) is 17.4. The van der Waals surface area contributed by atoms with Gasteiger partial charge in [0, 0.05) is 30.8 Å². The molecule has 9 heteroatoms. The first-order valence-corrected chi connectivity index (χ1v) is 10.3. The number of ether oxygens (including phenoxy) is 1. The molecular formula is C21H30N4O5. The van der Waals surface area contributed by atoms with E-state index in [-0.39, 0.29) is 5.78 Å². The molecule has 0 spiro atoms. The number of hydrogen-bond acceptors (Lipinski definition) is 8. The molecular weight excluding hydrogens is 388 g/mol. The number of aromatic nitrogens is 3. The van der Waals surface area contributed by atoms with Gasteiger partial charge in [-0.3, -0.25) is 9.20 Å². The Hall–Kier alpha value is -2.33. The molecule has 0 amide bonds. The van der Waals surface area contributed by atoms with Crippen LogP contribution in [-0.4, -0.2) is 66.6 Å². The molecule has 164 valence electrons. The zero-order chi connectivity index (χ0) is 21.8. The summed E-state index contributed by atoms with van der Waals surface area (Å²) in [5.41, 5.74) is 2.11. The fraction of sp³-hybridized carbons (Fsp3) is 0.571. The topological polar surface area (TPSA) is 120 Å². The number of hydrogen-bond donors (Lipinski definition) is 3. The fourth-order valence-corrected chi connectivity index (χ4v) is 3.79. The summed E-state index contributed by atoms with van der Waals surface area (Å²) >= 11 is 0. The molecule has 1 aliphatic heterocycles. The van der Waals surface area contributed by atoms with Gasteiger partial charge in [0.25, 0.3) is 0 Å². The van der Waals surface area contributed by atoms with Gasteiger partial charge in [0.2, 0.25) is 0 Å². The van der Waals surface area contributed by atoms with Crippen molar-refractivity contribution < 1.29 is 24.9 Å². The first-order chi connectivity index (χ1) is 14.4. The lowest BCUT2D eigenvalue weighted by molar-refractivity contribution is -0.118. The molecule has 0 saturated carbocycles. The predicted octanol–water partition coefficient (Wildman–Crippen LogP) is 1.12. The van der Waals surface area contributed by atoms with E-state index >= 15 is 0 Å². The number of imidazole rings is 1. The summed E-state index contributed by atoms with van der Waals surface area (Å²) in [7, 11) is 0. The highest BCUT2D eigenvalue weighted by Gasteiger charge is 2.45. The SMILES string of the molecule is C=CN(c1ncn2c(CC(=O)CCCCC)cnc2c1C)[C@@H]1O[C@H](CO)C(O)C1O. The largest absolute Gasteiger partial charge is 0.394 e. The highest BCUT2D eigenvalue weighted by atomic mass is 16.6. The summed E-state index contributed by atoms with van der Waals surface area (Å²) in [6, 6.07) is 0. The molecule has 0 aromatic carbocycles. The maximum Gasteiger partial charge on any atom is 0.164 e. The van der Waals surface area contributed by atoms with E-state index in [0.717, 1.165) is 25.0 Å². The Morgan fingerprint density at radius 3 is 2.73 bits per heavy atom. The van der Waals surface area contributed by atoms with Crippen molar-refractivity contribution in [1.29, 1.82) is 0 Å². The van der Waals surface area contributed by atoms with Gasteiger partial charge < -0.3 is 25.0 Å². The van der Waals surface area contributed by atoms with Gasteiger partial charge in [0.1, 0.15) is 41.9 Å². The van der Waals surface area contributed by atoms with Gasteiger partial charge in [-0.05, 0) is 13.3 Å². The Kier molecular flexibility index (Phi) is 7.19. The second-order valence-electron chi connectivity index (χ2n) is 7.63. The number of aliphatic hydroxyl groups is 3. The first kappa shape index (κ1) is 22.4. The minimum atomic E-state index is -1.24. The number of nitrogens with zero attached hydrogens (tertiary/aromatic N) is 4. The predicted molar refractivity (Wildman–Crippen MR) is 111 cm³/mol. The third kappa shape index (κ3) is 4.24. The Labute approximate surface area is 175 Å².